The molecule has 10 heavy (non-hydrogen) atoms. The van der Waals surface area contributed by atoms with Gasteiger partial charge in [-0.25, -0.2) is 0 Å². The average Bonchev–Trinajstić information content (AvgIpc) is 2.41. The first-order valence-electron chi connectivity index (χ1n) is 2.93. The maximum Gasteiger partial charge on any atom is 0.178 e. The fourth-order valence-corrected chi connectivity index (χ4v) is 0.958. The second-order valence-electron chi connectivity index (χ2n) is 1.69. The molecule has 1 heterocycles. The molecule has 0 amide bonds. The minimum Gasteiger partial charge on any atom is -0.395 e. The summed E-state index contributed by atoms with van der Waals surface area (Å²) in [4.78, 5) is 0. The van der Waals surface area contributed by atoms with Crippen molar-refractivity contribution in [2.45, 2.75) is 6.54 Å². The molecule has 55 valence electrons. The van der Waals surface area contributed by atoms with E-state index in [4.69, 9.17) is 5.11 Å². The largest absolute Gasteiger partial charge is 0.395 e. The van der Waals surface area contributed by atoms with Gasteiger partial charge < -0.3 is 10.4 Å². The highest BCUT2D eigenvalue weighted by Gasteiger charge is 1.93. The third-order valence-electron chi connectivity index (χ3n) is 0.931. The zero-order valence-electron chi connectivity index (χ0n) is 5.37. The number of hydrogen-bond donors (Lipinski definition) is 2. The molecule has 1 radical (unpaired) electrons. The molecule has 1 aromatic heterocycles. The molecule has 4 nitrogen and oxygen atoms in total. The SMILES string of the molecule is OCCNCc1nn[c]s1. The van der Waals surface area contributed by atoms with Crippen molar-refractivity contribution in [1.82, 2.24) is 15.5 Å². The highest BCUT2D eigenvalue weighted by molar-refractivity contribution is 7.08. The fourth-order valence-electron chi connectivity index (χ4n) is 0.516. The first kappa shape index (κ1) is 7.59. The minimum atomic E-state index is 0.155. The van der Waals surface area contributed by atoms with Gasteiger partial charge in [-0.15, -0.1) is 10.2 Å². The van der Waals surface area contributed by atoms with Gasteiger partial charge in [-0.3, -0.25) is 0 Å². The zero-order valence-corrected chi connectivity index (χ0v) is 6.19. The molecular weight excluding hydrogens is 150 g/mol. The van der Waals surface area contributed by atoms with E-state index < -0.39 is 0 Å². The van der Waals surface area contributed by atoms with Gasteiger partial charge in [0.1, 0.15) is 5.01 Å². The van der Waals surface area contributed by atoms with Crippen molar-refractivity contribution in [2.24, 2.45) is 0 Å². The van der Waals surface area contributed by atoms with Crippen LogP contribution in [0.15, 0.2) is 0 Å². The minimum absolute atomic E-state index is 0.155. The third kappa shape index (κ3) is 2.38. The maximum absolute atomic E-state index is 8.39. The van der Waals surface area contributed by atoms with Crippen molar-refractivity contribution in [3.63, 3.8) is 0 Å². The van der Waals surface area contributed by atoms with Crippen molar-refractivity contribution >= 4 is 11.3 Å². The van der Waals surface area contributed by atoms with Crippen molar-refractivity contribution in [2.75, 3.05) is 13.2 Å². The molecule has 0 fully saturated rings. The van der Waals surface area contributed by atoms with Crippen LogP contribution in [0, 0.1) is 5.51 Å². The molecule has 2 N–H and O–H groups in total. The summed E-state index contributed by atoms with van der Waals surface area (Å²) in [5, 5.41) is 19.6. The van der Waals surface area contributed by atoms with Gasteiger partial charge in [0, 0.05) is 13.1 Å². The van der Waals surface area contributed by atoms with E-state index in [0.717, 1.165) is 5.01 Å². The van der Waals surface area contributed by atoms with Gasteiger partial charge >= 0.3 is 0 Å². The predicted molar refractivity (Wildman–Crippen MR) is 37.5 cm³/mol. The van der Waals surface area contributed by atoms with Crippen molar-refractivity contribution in [1.29, 1.82) is 0 Å². The Labute approximate surface area is 62.9 Å². The van der Waals surface area contributed by atoms with Gasteiger partial charge in [-0.1, -0.05) is 11.3 Å². The monoisotopic (exact) mass is 158 g/mol. The van der Waals surface area contributed by atoms with Crippen LogP contribution in [0.3, 0.4) is 0 Å². The average molecular weight is 158 g/mol. The summed E-state index contributed by atoms with van der Waals surface area (Å²) in [7, 11) is 0. The van der Waals surface area contributed by atoms with E-state index in [1.54, 1.807) is 0 Å². The lowest BCUT2D eigenvalue weighted by Gasteiger charge is -1.95. The number of aliphatic hydroxyl groups is 1. The van der Waals surface area contributed by atoms with Crippen LogP contribution in [0.4, 0.5) is 0 Å². The van der Waals surface area contributed by atoms with Crippen LogP contribution in [-0.2, 0) is 6.54 Å². The molecule has 0 atom stereocenters. The van der Waals surface area contributed by atoms with Gasteiger partial charge in [0.2, 0.25) is 0 Å². The van der Waals surface area contributed by atoms with E-state index in [9.17, 15) is 0 Å². The van der Waals surface area contributed by atoms with E-state index in [1.807, 2.05) is 0 Å². The van der Waals surface area contributed by atoms with Gasteiger partial charge in [-0.2, -0.15) is 0 Å². The van der Waals surface area contributed by atoms with Crippen LogP contribution in [0.25, 0.3) is 0 Å². The Hall–Kier alpha value is -0.520. The first-order chi connectivity index (χ1) is 4.93. The molecule has 1 aromatic rings. The van der Waals surface area contributed by atoms with E-state index in [1.165, 1.54) is 11.3 Å². The number of rotatable bonds is 4. The number of aromatic nitrogens is 2. The molecule has 0 aliphatic heterocycles. The highest BCUT2D eigenvalue weighted by atomic mass is 32.1. The summed E-state index contributed by atoms with van der Waals surface area (Å²) in [6.07, 6.45) is 0. The van der Waals surface area contributed by atoms with E-state index in [-0.39, 0.29) is 6.61 Å². The molecule has 0 saturated carbocycles. The van der Waals surface area contributed by atoms with Crippen LogP contribution >= 0.6 is 11.3 Å². The highest BCUT2D eigenvalue weighted by Crippen LogP contribution is 1.97. The Kier molecular flexibility index (Phi) is 3.28. The Bertz CT molecular complexity index is 165. The lowest BCUT2D eigenvalue weighted by atomic mass is 10.6. The lowest BCUT2D eigenvalue weighted by Crippen LogP contribution is -2.17. The maximum atomic E-state index is 8.39. The Balaban J connectivity index is 2.15. The molecule has 0 unspecified atom stereocenters. The van der Waals surface area contributed by atoms with Crippen LogP contribution in [0.5, 0.6) is 0 Å². The Morgan fingerprint density at radius 2 is 2.60 bits per heavy atom. The van der Waals surface area contributed by atoms with E-state index in [0.29, 0.717) is 13.1 Å². The molecule has 0 aromatic carbocycles. The molecule has 0 aliphatic rings. The molecule has 0 aliphatic carbocycles. The molecular formula is C5H8N3OS. The summed E-state index contributed by atoms with van der Waals surface area (Å²) in [6.45, 7) is 1.42. The molecule has 0 bridgehead atoms. The standard InChI is InChI=1S/C5H8N3OS/c9-2-1-6-3-5-8-7-4-10-5/h6,9H,1-3H2. The summed E-state index contributed by atoms with van der Waals surface area (Å²) >= 11 is 1.38. The summed E-state index contributed by atoms with van der Waals surface area (Å²) < 4.78 is 0. The summed E-state index contributed by atoms with van der Waals surface area (Å²) in [6, 6.07) is 0. The van der Waals surface area contributed by atoms with Crippen molar-refractivity contribution < 1.29 is 5.11 Å². The summed E-state index contributed by atoms with van der Waals surface area (Å²) in [5.74, 6) is 0. The second-order valence-corrected chi connectivity index (χ2v) is 2.55. The van der Waals surface area contributed by atoms with Gasteiger partial charge in [0.05, 0.1) is 6.61 Å². The number of aliphatic hydroxyl groups excluding tert-OH is 1. The van der Waals surface area contributed by atoms with E-state index in [2.05, 4.69) is 21.0 Å². The molecule has 5 heteroatoms. The first-order valence-corrected chi connectivity index (χ1v) is 3.75. The van der Waals surface area contributed by atoms with Crippen LogP contribution < -0.4 is 5.32 Å². The van der Waals surface area contributed by atoms with Gasteiger partial charge in [0.15, 0.2) is 5.51 Å². The number of nitrogens with one attached hydrogen (secondary N) is 1. The number of nitrogens with zero attached hydrogens (tertiary/aromatic N) is 2. The van der Waals surface area contributed by atoms with Crippen LogP contribution in [0.2, 0.25) is 0 Å². The second kappa shape index (κ2) is 4.32. The number of hydrogen-bond acceptors (Lipinski definition) is 5. The van der Waals surface area contributed by atoms with Crippen LogP contribution in [0.1, 0.15) is 5.01 Å². The lowest BCUT2D eigenvalue weighted by molar-refractivity contribution is 0.292. The fraction of sp³-hybridized carbons (Fsp3) is 0.600. The Morgan fingerprint density at radius 1 is 1.70 bits per heavy atom. The Morgan fingerprint density at radius 3 is 3.20 bits per heavy atom. The van der Waals surface area contributed by atoms with Crippen molar-refractivity contribution in [3.8, 4) is 0 Å². The predicted octanol–water partition coefficient (Wildman–Crippen LogP) is -0.580. The molecule has 0 spiro atoms. The zero-order chi connectivity index (χ0) is 7.23. The molecule has 0 saturated heterocycles. The summed E-state index contributed by atoms with van der Waals surface area (Å²) in [5.41, 5.74) is 2.63. The quantitative estimate of drug-likeness (QED) is 0.576. The van der Waals surface area contributed by atoms with Gasteiger partial charge in [0.25, 0.3) is 0 Å². The topological polar surface area (TPSA) is 58.0 Å². The van der Waals surface area contributed by atoms with Gasteiger partial charge in [-0.05, 0) is 0 Å². The van der Waals surface area contributed by atoms with E-state index >= 15 is 0 Å². The smallest absolute Gasteiger partial charge is 0.178 e. The third-order valence-corrected chi connectivity index (χ3v) is 1.57. The van der Waals surface area contributed by atoms with Crippen molar-refractivity contribution in [3.05, 3.63) is 10.5 Å². The van der Waals surface area contributed by atoms with Crippen LogP contribution in [-0.4, -0.2) is 28.5 Å². The normalized spacial score (nSPS) is 10.1. The molecule has 1 rings (SSSR count).